The fraction of sp³-hybridized carbons (Fsp3) is 0.694. The fourth-order valence-corrected chi connectivity index (χ4v) is 11.3. The summed E-state index contributed by atoms with van der Waals surface area (Å²) in [6.07, 6.45) is 2.36. The molecule has 26 nitrogen and oxygen atoms in total. The third kappa shape index (κ3) is 22.2. The minimum absolute atomic E-state index is 0.0109. The van der Waals surface area contributed by atoms with E-state index < -0.39 is 132 Å². The van der Waals surface area contributed by atoms with Crippen molar-refractivity contribution in [2.75, 3.05) is 67.6 Å². The lowest BCUT2D eigenvalue weighted by Gasteiger charge is -2.41. The molecule has 12 atom stereocenters. The normalized spacial score (nSPS) is 17.9. The highest BCUT2D eigenvalue weighted by Crippen LogP contribution is 2.30. The van der Waals surface area contributed by atoms with Gasteiger partial charge in [0.2, 0.25) is 47.3 Å². The van der Waals surface area contributed by atoms with Crippen LogP contribution in [-0.2, 0) is 57.4 Å². The van der Waals surface area contributed by atoms with Crippen LogP contribution in [0, 0.1) is 29.6 Å². The van der Waals surface area contributed by atoms with Gasteiger partial charge in [0.1, 0.15) is 24.2 Å². The number of amides is 12. The zero-order valence-corrected chi connectivity index (χ0v) is 54.2. The highest BCUT2D eigenvalue weighted by Gasteiger charge is 2.44. The van der Waals surface area contributed by atoms with E-state index in [1.54, 1.807) is 79.5 Å². The van der Waals surface area contributed by atoms with E-state index in [2.05, 4.69) is 37.2 Å². The predicted octanol–water partition coefficient (Wildman–Crippen LogP) is 1.25. The average Bonchev–Trinajstić information content (AvgIpc) is 4.15. The van der Waals surface area contributed by atoms with Crippen LogP contribution in [0.1, 0.15) is 132 Å². The van der Waals surface area contributed by atoms with Crippen molar-refractivity contribution in [1.82, 2.24) is 56.8 Å². The lowest BCUT2D eigenvalue weighted by Crippen LogP contribution is -2.61. The number of primary amides is 1. The van der Waals surface area contributed by atoms with Crippen LogP contribution in [0.15, 0.2) is 42.5 Å². The van der Waals surface area contributed by atoms with E-state index in [0.29, 0.717) is 44.3 Å². The lowest BCUT2D eigenvalue weighted by molar-refractivity contribution is -0.148. The number of hydrogen-bond donors (Lipinski definition) is 9. The number of imide groups is 1. The van der Waals surface area contributed by atoms with Crippen LogP contribution in [0.5, 0.6) is 0 Å². The van der Waals surface area contributed by atoms with E-state index >= 15 is 0 Å². The topological polar surface area (TPSA) is 350 Å². The summed E-state index contributed by atoms with van der Waals surface area (Å²) in [5.74, 6) is -7.27. The largest absolute Gasteiger partial charge is 0.386 e. The van der Waals surface area contributed by atoms with Gasteiger partial charge in [0.05, 0.1) is 55.3 Å². The van der Waals surface area contributed by atoms with E-state index in [0.717, 1.165) is 4.90 Å². The van der Waals surface area contributed by atoms with Crippen molar-refractivity contribution in [3.8, 4) is 0 Å². The maximum Gasteiger partial charge on any atom is 0.312 e. The third-order valence-corrected chi connectivity index (χ3v) is 16.6. The molecule has 12 amide bonds. The number of hydrogen-bond acceptors (Lipinski definition) is 15. The molecule has 2 aliphatic heterocycles. The number of nitrogens with zero attached hydrogens (tertiary/aromatic N) is 4. The molecule has 1 unspecified atom stereocenters. The Bertz CT molecular complexity index is 2520. The maximum absolute atomic E-state index is 14.8. The summed E-state index contributed by atoms with van der Waals surface area (Å²) >= 11 is 0. The molecule has 0 radical (unpaired) electrons. The van der Waals surface area contributed by atoms with Gasteiger partial charge in [-0.1, -0.05) is 99.1 Å². The van der Waals surface area contributed by atoms with Crippen molar-refractivity contribution in [1.29, 1.82) is 0 Å². The minimum Gasteiger partial charge on any atom is -0.386 e. The quantitative estimate of drug-likeness (QED) is 0.0332. The summed E-state index contributed by atoms with van der Waals surface area (Å²) in [4.78, 5) is 153. The number of nitrogens with one attached hydrogen (secondary N) is 7. The Labute approximate surface area is 519 Å². The van der Waals surface area contributed by atoms with E-state index in [-0.39, 0.29) is 74.9 Å². The Hall–Kier alpha value is -7.03. The third-order valence-electron chi connectivity index (χ3n) is 16.6. The molecule has 0 bridgehead atoms. The lowest BCUT2D eigenvalue weighted by atomic mass is 9.89. The smallest absolute Gasteiger partial charge is 0.312 e. The van der Waals surface area contributed by atoms with Crippen LogP contribution in [0.3, 0.4) is 0 Å². The van der Waals surface area contributed by atoms with Gasteiger partial charge in [-0.15, -0.1) is 0 Å². The first kappa shape index (κ1) is 75.2. The Balaban J connectivity index is 1.71. The second kappa shape index (κ2) is 37.1. The SMILES string of the molecule is CC[C@H](C)[C@@H]([C@@H](CC(=O)N1CCC[C@H]1[C@H](OC)[C@@H](C)C(=O)N[C@H](C)[C@@H](O)c1ccccc1)OC)N(C)C(=O)[C@@H](NC(=O)[C@H](C(C)C)N(C)C(=O)CNC(=O)C(CCCNC(N)=O)NC(=O)[C@@H](NC(=O)CCNCCCN1C(=O)C=CC1=O)C(C)C)C(C)C. The van der Waals surface area contributed by atoms with Gasteiger partial charge in [-0.05, 0) is 74.8 Å². The average molecular weight is 1240 g/mol. The van der Waals surface area contributed by atoms with Gasteiger partial charge in [-0.2, -0.15) is 0 Å². The number of carbonyl (C=O) groups is 11. The first-order valence-corrected chi connectivity index (χ1v) is 30.9. The summed E-state index contributed by atoms with van der Waals surface area (Å²) < 4.78 is 12.0. The molecule has 494 valence electrons. The van der Waals surface area contributed by atoms with Gasteiger partial charge in [0.25, 0.3) is 11.8 Å². The summed E-state index contributed by atoms with van der Waals surface area (Å²) in [7, 11) is 6.01. The maximum atomic E-state index is 14.8. The van der Waals surface area contributed by atoms with Gasteiger partial charge >= 0.3 is 6.03 Å². The second-order valence-electron chi connectivity index (χ2n) is 24.2. The van der Waals surface area contributed by atoms with Crippen molar-refractivity contribution < 1.29 is 67.3 Å². The number of carbonyl (C=O) groups excluding carboxylic acids is 11. The molecular formula is C62H102N12O14. The summed E-state index contributed by atoms with van der Waals surface area (Å²) in [6, 6.07) is 1.97. The van der Waals surface area contributed by atoms with Crippen LogP contribution in [-0.4, -0.2) is 212 Å². The summed E-state index contributed by atoms with van der Waals surface area (Å²) in [5, 5.41) is 30.3. The van der Waals surface area contributed by atoms with Crippen LogP contribution in [0.25, 0.3) is 0 Å². The number of likely N-dealkylation sites (N-methyl/N-ethyl adjacent to an activating group) is 2. The number of urea groups is 1. The number of ether oxygens (including phenoxy) is 2. The molecular weight excluding hydrogens is 1140 g/mol. The van der Waals surface area contributed by atoms with Crippen LogP contribution in [0.2, 0.25) is 0 Å². The van der Waals surface area contributed by atoms with Crippen molar-refractivity contribution >= 4 is 65.1 Å². The zero-order chi connectivity index (χ0) is 66.1. The molecule has 10 N–H and O–H groups in total. The molecule has 1 fully saturated rings. The van der Waals surface area contributed by atoms with Gasteiger partial charge in [0, 0.05) is 73.1 Å². The molecule has 0 aliphatic carbocycles. The van der Waals surface area contributed by atoms with Crippen molar-refractivity contribution in [2.45, 2.75) is 181 Å². The molecule has 2 aliphatic rings. The molecule has 1 saturated heterocycles. The molecule has 1 aromatic rings. The first-order valence-electron chi connectivity index (χ1n) is 30.9. The van der Waals surface area contributed by atoms with Crippen molar-refractivity contribution in [2.24, 2.45) is 35.3 Å². The molecule has 0 aromatic heterocycles. The van der Waals surface area contributed by atoms with Gasteiger partial charge in [-0.3, -0.25) is 52.8 Å². The van der Waals surface area contributed by atoms with Gasteiger partial charge in [0.15, 0.2) is 0 Å². The van der Waals surface area contributed by atoms with Gasteiger partial charge in [-0.25, -0.2) is 4.79 Å². The predicted molar refractivity (Wildman–Crippen MR) is 330 cm³/mol. The molecule has 3 rings (SSSR count). The number of benzene rings is 1. The number of aliphatic hydroxyl groups excluding tert-OH is 1. The van der Waals surface area contributed by atoms with E-state index in [1.807, 2.05) is 32.0 Å². The number of aliphatic hydroxyl groups is 1. The fourth-order valence-electron chi connectivity index (χ4n) is 11.3. The Morgan fingerprint density at radius 3 is 1.93 bits per heavy atom. The van der Waals surface area contributed by atoms with E-state index in [1.165, 1.54) is 43.2 Å². The standard InChI is InChI=1S/C62H102N12O14/c1-15-39(8)54(45(87-13)34-49(78)73-32-20-25-44(73)56(88-14)40(9)57(81)67-41(10)55(80)42-22-17-16-18-23-42)72(12)61(85)52(37(4)5)70-60(84)53(38(6)7)71(11)50(79)35-66-58(82)43(24-19-30-65-62(63)86)68-59(83)51(36(2)3)69-46(75)28-31-64-29-21-33-74-47(76)26-27-48(74)77/h16-18,22-23,26-27,36-41,43-45,51-56,64,80H,15,19-21,24-25,28-35H2,1-14H3,(H,66,82)(H,67,81)(H,68,83)(H,69,75)(H,70,84)(H3,63,65,86)/t39-,40+,41+,43?,44-,45+,51-,52-,53-,54-,55+,56+/m0/s1. The van der Waals surface area contributed by atoms with Crippen LogP contribution in [0.4, 0.5) is 4.79 Å². The van der Waals surface area contributed by atoms with Crippen LogP contribution < -0.4 is 43.0 Å². The van der Waals surface area contributed by atoms with E-state index in [9.17, 15) is 57.8 Å². The van der Waals surface area contributed by atoms with Crippen molar-refractivity contribution in [3.63, 3.8) is 0 Å². The zero-order valence-electron chi connectivity index (χ0n) is 54.2. The Morgan fingerprint density at radius 1 is 0.727 bits per heavy atom. The summed E-state index contributed by atoms with van der Waals surface area (Å²) in [5.41, 5.74) is 5.90. The van der Waals surface area contributed by atoms with Crippen molar-refractivity contribution in [3.05, 3.63) is 48.0 Å². The molecule has 1 aromatic carbocycles. The monoisotopic (exact) mass is 1240 g/mol. The second-order valence-corrected chi connectivity index (χ2v) is 24.2. The summed E-state index contributed by atoms with van der Waals surface area (Å²) in [6.45, 7) is 18.6. The molecule has 26 heteroatoms. The number of methoxy groups -OCH3 is 2. The molecule has 0 saturated carbocycles. The van der Waals surface area contributed by atoms with E-state index in [4.69, 9.17) is 15.2 Å². The van der Waals surface area contributed by atoms with Gasteiger partial charge < -0.3 is 72.2 Å². The number of nitrogens with two attached hydrogens (primary N) is 1. The molecule has 0 spiro atoms. The minimum atomic E-state index is -1.25. The first-order chi connectivity index (χ1) is 41.5. The molecule has 88 heavy (non-hydrogen) atoms. The van der Waals surface area contributed by atoms with Crippen LogP contribution >= 0.6 is 0 Å². The Kier molecular flexibility index (Phi) is 31.7. The number of rotatable bonds is 38. The number of likely N-dealkylation sites (tertiary alicyclic amines) is 1. The molecule has 2 heterocycles. The highest BCUT2D eigenvalue weighted by molar-refractivity contribution is 6.12. The highest BCUT2D eigenvalue weighted by atomic mass is 16.5. The Morgan fingerprint density at radius 2 is 1.36 bits per heavy atom.